The molecule has 0 radical (unpaired) electrons. The maximum Gasteiger partial charge on any atom is 0.405 e. The third-order valence-corrected chi connectivity index (χ3v) is 13.7. The molecule has 55 heavy (non-hydrogen) atoms. The van der Waals surface area contributed by atoms with Gasteiger partial charge in [-0.1, -0.05) is 70.5 Å². The van der Waals surface area contributed by atoms with Crippen molar-refractivity contribution in [2.24, 2.45) is 5.92 Å². The molecule has 0 aliphatic rings. The summed E-state index contributed by atoms with van der Waals surface area (Å²) in [5.74, 6) is -16.8. The van der Waals surface area contributed by atoms with E-state index in [-0.39, 0.29) is 16.3 Å². The largest absolute Gasteiger partial charge is 0.497 e. The molecular formula is C35H46ClF7N4O7Si. The van der Waals surface area contributed by atoms with Crippen LogP contribution in [0.5, 0.6) is 5.75 Å². The molecule has 3 unspecified atom stereocenters. The maximum absolute atomic E-state index is 15.4. The van der Waals surface area contributed by atoms with Crippen molar-refractivity contribution in [3.63, 3.8) is 0 Å². The molecule has 0 aromatic heterocycles. The number of hydrogen-bond acceptors (Lipinski definition) is 7. The fourth-order valence-electron chi connectivity index (χ4n) is 4.61. The molecule has 0 fully saturated rings. The Kier molecular flexibility index (Phi) is 15.7. The second-order valence-corrected chi connectivity index (χ2v) is 19.8. The molecule has 0 aliphatic heterocycles. The minimum Gasteiger partial charge on any atom is -0.497 e. The van der Waals surface area contributed by atoms with Crippen molar-refractivity contribution in [1.82, 2.24) is 21.3 Å². The number of aliphatic hydroxyl groups excluding tert-OH is 1. The van der Waals surface area contributed by atoms with Gasteiger partial charge >= 0.3 is 18.0 Å². The summed E-state index contributed by atoms with van der Waals surface area (Å²) in [6.45, 7) is 8.87. The highest BCUT2D eigenvalue weighted by molar-refractivity contribution is 6.74. The number of methoxy groups -OCH3 is 1. The van der Waals surface area contributed by atoms with E-state index in [0.29, 0.717) is 0 Å². The van der Waals surface area contributed by atoms with E-state index in [1.807, 2.05) is 26.1 Å². The Balaban J connectivity index is 2.55. The smallest absolute Gasteiger partial charge is 0.405 e. The fourth-order valence-corrected chi connectivity index (χ4v) is 5.82. The van der Waals surface area contributed by atoms with E-state index >= 15 is 17.6 Å². The number of amides is 4. The topological polar surface area (TPSA) is 155 Å². The van der Waals surface area contributed by atoms with Gasteiger partial charge in [-0.25, -0.2) is 0 Å². The lowest BCUT2D eigenvalue weighted by Gasteiger charge is -2.37. The number of carbonyl (C=O) groups excluding carboxylic acids is 4. The number of aliphatic hydroxyl groups is 1. The minimum atomic E-state index is -5.05. The van der Waals surface area contributed by atoms with Gasteiger partial charge in [-0.15, -0.1) is 0 Å². The van der Waals surface area contributed by atoms with Gasteiger partial charge in [-0.05, 0) is 53.9 Å². The van der Waals surface area contributed by atoms with E-state index in [2.05, 4.69) is 10.6 Å². The average Bonchev–Trinajstić information content (AvgIpc) is 3.08. The quantitative estimate of drug-likeness (QED) is 0.103. The van der Waals surface area contributed by atoms with Crippen molar-refractivity contribution in [2.45, 2.75) is 95.0 Å². The summed E-state index contributed by atoms with van der Waals surface area (Å²) in [7, 11) is -1.40. The molecule has 2 rings (SSSR count). The van der Waals surface area contributed by atoms with Crippen LogP contribution in [-0.4, -0.2) is 87.6 Å². The first kappa shape index (κ1) is 47.2. The fraction of sp³-hybridized carbons (Fsp3) is 0.543. The second-order valence-electron chi connectivity index (χ2n) is 14.5. The molecular weight excluding hydrogens is 785 g/mol. The van der Waals surface area contributed by atoms with Gasteiger partial charge in [0.05, 0.1) is 19.8 Å². The molecule has 0 heterocycles. The van der Waals surface area contributed by atoms with Gasteiger partial charge in [0.2, 0.25) is 11.8 Å². The Labute approximate surface area is 320 Å². The van der Waals surface area contributed by atoms with Crippen LogP contribution in [-0.2, 0) is 29.5 Å². The summed E-state index contributed by atoms with van der Waals surface area (Å²) < 4.78 is 110. The molecule has 0 spiro atoms. The van der Waals surface area contributed by atoms with Crippen molar-refractivity contribution in [3.05, 3.63) is 64.7 Å². The van der Waals surface area contributed by atoms with Crippen LogP contribution in [0, 0.1) is 5.92 Å². The second kappa shape index (κ2) is 18.3. The summed E-state index contributed by atoms with van der Waals surface area (Å²) in [5.41, 5.74) is -0.822. The summed E-state index contributed by atoms with van der Waals surface area (Å²) in [6.07, 6.45) is -8.12. The molecule has 0 bridgehead atoms. The minimum absolute atomic E-state index is 0.0297. The van der Waals surface area contributed by atoms with E-state index in [9.17, 15) is 37.5 Å². The van der Waals surface area contributed by atoms with Crippen molar-refractivity contribution in [2.75, 3.05) is 20.3 Å². The van der Waals surface area contributed by atoms with Gasteiger partial charge in [0, 0.05) is 10.6 Å². The van der Waals surface area contributed by atoms with Crippen molar-refractivity contribution in [3.8, 4) is 5.75 Å². The van der Waals surface area contributed by atoms with E-state index < -0.39 is 104 Å². The monoisotopic (exact) mass is 830 g/mol. The Morgan fingerprint density at radius 2 is 1.44 bits per heavy atom. The average molecular weight is 831 g/mol. The predicted octanol–water partition coefficient (Wildman–Crippen LogP) is 5.62. The molecule has 2 aromatic rings. The first-order chi connectivity index (χ1) is 25.0. The first-order valence-electron chi connectivity index (χ1n) is 16.8. The normalized spacial score (nSPS) is 15.0. The number of hydrogen-bond donors (Lipinski definition) is 5. The van der Waals surface area contributed by atoms with E-state index in [1.54, 1.807) is 13.1 Å². The molecule has 11 nitrogen and oxygen atoms in total. The van der Waals surface area contributed by atoms with Crippen LogP contribution in [0.4, 0.5) is 30.7 Å². The number of ether oxygens (including phenoxy) is 1. The lowest BCUT2D eigenvalue weighted by atomic mass is 9.93. The number of alkyl halides is 7. The lowest BCUT2D eigenvalue weighted by molar-refractivity contribution is -0.175. The third kappa shape index (κ3) is 12.8. The van der Waals surface area contributed by atoms with E-state index in [4.69, 9.17) is 20.8 Å². The Morgan fingerprint density at radius 3 is 1.93 bits per heavy atom. The van der Waals surface area contributed by atoms with Crippen molar-refractivity contribution >= 4 is 43.5 Å². The van der Waals surface area contributed by atoms with Gasteiger partial charge in [0.25, 0.3) is 11.8 Å². The standard InChI is InChI=1S/C35H46ClF7N4O7Si/c1-19(2)25(27(48)35(42,43)30(51)44-18-33(37,38)39)46-29(50)26(20-12-14-23(53-6)15-13-20)47-28(49)24(17-54-55(7,8)32(3,4)5)45-31(52)34(40,41)21-10-9-11-22(36)16-21/h9-16,19,24-27,48H,17-18H2,1-8H3,(H,44,51)(H,45,52)(H,46,50)(H,47,49)/t24?,25-,26?,27?/m0/s1. The van der Waals surface area contributed by atoms with Crippen molar-refractivity contribution < 1.29 is 64.2 Å². The molecule has 20 heteroatoms. The summed E-state index contributed by atoms with van der Waals surface area (Å²) in [6, 6.07) is 3.86. The van der Waals surface area contributed by atoms with Crippen LogP contribution in [0.15, 0.2) is 48.5 Å². The highest BCUT2D eigenvalue weighted by Crippen LogP contribution is 2.37. The number of nitrogens with one attached hydrogen (secondary N) is 4. The zero-order chi connectivity index (χ0) is 42.3. The number of rotatable bonds is 17. The van der Waals surface area contributed by atoms with Crippen LogP contribution in [0.3, 0.4) is 0 Å². The van der Waals surface area contributed by atoms with Gasteiger partial charge in [-0.3, -0.25) is 19.2 Å². The molecule has 308 valence electrons. The van der Waals surface area contributed by atoms with Crippen LogP contribution >= 0.6 is 11.6 Å². The van der Waals surface area contributed by atoms with Gasteiger partial charge in [-0.2, -0.15) is 30.7 Å². The Hall–Kier alpha value is -3.94. The summed E-state index contributed by atoms with van der Waals surface area (Å²) in [4.78, 5) is 53.0. The first-order valence-corrected chi connectivity index (χ1v) is 20.1. The van der Waals surface area contributed by atoms with Gasteiger partial charge < -0.3 is 35.5 Å². The van der Waals surface area contributed by atoms with Crippen LogP contribution in [0.25, 0.3) is 0 Å². The van der Waals surface area contributed by atoms with Crippen LogP contribution in [0.1, 0.15) is 51.8 Å². The van der Waals surface area contributed by atoms with E-state index in [1.165, 1.54) is 57.4 Å². The number of benzene rings is 2. The molecule has 0 saturated heterocycles. The summed E-state index contributed by atoms with van der Waals surface area (Å²) >= 11 is 5.86. The summed E-state index contributed by atoms with van der Waals surface area (Å²) in [5, 5.41) is 17.5. The van der Waals surface area contributed by atoms with Crippen LogP contribution < -0.4 is 26.0 Å². The van der Waals surface area contributed by atoms with Crippen molar-refractivity contribution in [1.29, 1.82) is 0 Å². The molecule has 4 amide bonds. The maximum atomic E-state index is 15.4. The highest BCUT2D eigenvalue weighted by atomic mass is 35.5. The third-order valence-electron chi connectivity index (χ3n) is 9.00. The molecule has 5 N–H and O–H groups in total. The number of halogens is 8. The number of carbonyl (C=O) groups is 4. The zero-order valence-corrected chi connectivity index (χ0v) is 33.1. The zero-order valence-electron chi connectivity index (χ0n) is 31.3. The Bertz CT molecular complexity index is 1660. The molecule has 2 aromatic carbocycles. The van der Waals surface area contributed by atoms with E-state index in [0.717, 1.165) is 17.4 Å². The van der Waals surface area contributed by atoms with Gasteiger partial charge in [0.1, 0.15) is 30.5 Å². The molecule has 0 aliphatic carbocycles. The lowest BCUT2D eigenvalue weighted by Crippen LogP contribution is -2.61. The van der Waals surface area contributed by atoms with Gasteiger partial charge in [0.15, 0.2) is 8.32 Å². The highest BCUT2D eigenvalue weighted by Gasteiger charge is 2.52. The SMILES string of the molecule is COc1ccc(C(NC(=O)C(CO[Si](C)(C)C(C)(C)C)NC(=O)C(F)(F)c2cccc(Cl)c2)C(=O)N[C@@H](C(C)C)C(O)C(F)(F)C(=O)NCC(F)(F)F)cc1. The predicted molar refractivity (Wildman–Crippen MR) is 191 cm³/mol. The Morgan fingerprint density at radius 1 is 0.855 bits per heavy atom. The van der Waals surface area contributed by atoms with Crippen LogP contribution in [0.2, 0.25) is 23.2 Å². The molecule has 0 saturated carbocycles. The molecule has 4 atom stereocenters.